The predicted octanol–water partition coefficient (Wildman–Crippen LogP) is 11.8. The molecule has 0 aliphatic heterocycles. The van der Waals surface area contributed by atoms with Gasteiger partial charge in [-0.2, -0.15) is 0 Å². The van der Waals surface area contributed by atoms with Crippen LogP contribution in [0.2, 0.25) is 0 Å². The lowest BCUT2D eigenvalue weighted by Gasteiger charge is -2.14. The summed E-state index contributed by atoms with van der Waals surface area (Å²) in [6.07, 6.45) is 0. The number of hydrogen-bond donors (Lipinski definition) is 0. The van der Waals surface area contributed by atoms with Crippen LogP contribution in [0.25, 0.3) is 104 Å². The monoisotopic (exact) mass is 611 g/mol. The zero-order valence-electron chi connectivity index (χ0n) is 25.7. The Hall–Kier alpha value is -6.52. The molecule has 0 fully saturated rings. The van der Waals surface area contributed by atoms with Crippen LogP contribution in [0.15, 0.2) is 156 Å². The van der Waals surface area contributed by atoms with Gasteiger partial charge < -0.3 is 4.42 Å². The molecule has 0 unspecified atom stereocenters. The van der Waals surface area contributed by atoms with Crippen molar-refractivity contribution < 1.29 is 4.42 Å². The minimum atomic E-state index is 0.649. The molecular formula is C44H25N3O. The number of para-hydroxylation sites is 2. The van der Waals surface area contributed by atoms with Gasteiger partial charge in [0.1, 0.15) is 11.2 Å². The van der Waals surface area contributed by atoms with Gasteiger partial charge >= 0.3 is 0 Å². The van der Waals surface area contributed by atoms with E-state index in [1.807, 2.05) is 12.1 Å². The molecule has 4 nitrogen and oxygen atoms in total. The molecule has 4 heteroatoms. The van der Waals surface area contributed by atoms with E-state index in [2.05, 4.69) is 144 Å². The third-order valence-electron chi connectivity index (χ3n) is 9.97. The molecule has 0 aliphatic carbocycles. The van der Waals surface area contributed by atoms with Crippen molar-refractivity contribution in [2.45, 2.75) is 0 Å². The number of aromatic nitrogens is 3. The molecule has 222 valence electrons. The second kappa shape index (κ2) is 9.50. The molecule has 3 aromatic heterocycles. The van der Waals surface area contributed by atoms with E-state index < -0.39 is 0 Å². The molecule has 0 saturated heterocycles. The van der Waals surface area contributed by atoms with Crippen LogP contribution in [0.3, 0.4) is 0 Å². The zero-order valence-corrected chi connectivity index (χ0v) is 25.7. The van der Waals surface area contributed by atoms with Crippen molar-refractivity contribution in [2.75, 3.05) is 0 Å². The molecule has 3 heterocycles. The molecule has 0 saturated carbocycles. The summed E-state index contributed by atoms with van der Waals surface area (Å²) in [5, 5.41) is 12.7. The Bertz CT molecular complexity index is 3120. The van der Waals surface area contributed by atoms with Gasteiger partial charge in [0.25, 0.3) is 0 Å². The molecule has 0 aliphatic rings. The minimum Gasteiger partial charge on any atom is -0.455 e. The smallest absolute Gasteiger partial charge is 0.235 e. The van der Waals surface area contributed by atoms with Gasteiger partial charge in [-0.25, -0.2) is 9.97 Å². The van der Waals surface area contributed by atoms with Gasteiger partial charge in [0.15, 0.2) is 0 Å². The van der Waals surface area contributed by atoms with Crippen molar-refractivity contribution in [3.8, 4) is 17.2 Å². The van der Waals surface area contributed by atoms with Gasteiger partial charge in [-0.1, -0.05) is 121 Å². The summed E-state index contributed by atoms with van der Waals surface area (Å²) in [6, 6.07) is 53.4. The van der Waals surface area contributed by atoms with Crippen LogP contribution < -0.4 is 0 Å². The lowest BCUT2D eigenvalue weighted by molar-refractivity contribution is 0.673. The Kier molecular flexibility index (Phi) is 5.08. The second-order valence-corrected chi connectivity index (χ2v) is 12.5. The molecule has 11 rings (SSSR count). The fourth-order valence-corrected chi connectivity index (χ4v) is 7.96. The van der Waals surface area contributed by atoms with Crippen molar-refractivity contribution in [1.82, 2.24) is 14.5 Å². The predicted molar refractivity (Wildman–Crippen MR) is 199 cm³/mol. The Morgan fingerprint density at radius 1 is 0.417 bits per heavy atom. The van der Waals surface area contributed by atoms with Crippen LogP contribution in [0.5, 0.6) is 0 Å². The highest BCUT2D eigenvalue weighted by molar-refractivity contribution is 6.37. The Morgan fingerprint density at radius 3 is 1.96 bits per heavy atom. The summed E-state index contributed by atoms with van der Waals surface area (Å²) in [7, 11) is 0. The maximum atomic E-state index is 6.64. The molecule has 48 heavy (non-hydrogen) atoms. The molecule has 0 atom stereocenters. The lowest BCUT2D eigenvalue weighted by atomic mass is 9.94. The maximum absolute atomic E-state index is 6.64. The van der Waals surface area contributed by atoms with Crippen LogP contribution in [0.4, 0.5) is 0 Å². The van der Waals surface area contributed by atoms with E-state index in [-0.39, 0.29) is 0 Å². The number of furan rings is 1. The van der Waals surface area contributed by atoms with Gasteiger partial charge in [0, 0.05) is 43.3 Å². The van der Waals surface area contributed by atoms with Gasteiger partial charge in [-0.05, 0) is 51.9 Å². The highest BCUT2D eigenvalue weighted by Crippen LogP contribution is 2.46. The summed E-state index contributed by atoms with van der Waals surface area (Å²) in [5.41, 5.74) is 6.85. The summed E-state index contributed by atoms with van der Waals surface area (Å²) >= 11 is 0. The Labute approximate surface area is 274 Å². The minimum absolute atomic E-state index is 0.649. The SMILES string of the molecule is c1ccc(-c2nc(-n3c4ccccc4c4c5c6ccccc6c6c7ccccc7oc6c5ccc43)nc3ccc4ccccc4c23)cc1. The normalized spacial score (nSPS) is 12.2. The summed E-state index contributed by atoms with van der Waals surface area (Å²) in [5.74, 6) is 0.649. The summed E-state index contributed by atoms with van der Waals surface area (Å²) < 4.78 is 8.88. The van der Waals surface area contributed by atoms with Gasteiger partial charge in [0.2, 0.25) is 5.95 Å². The fourth-order valence-electron chi connectivity index (χ4n) is 7.96. The Balaban J connectivity index is 1.32. The van der Waals surface area contributed by atoms with Crippen LogP contribution in [-0.4, -0.2) is 14.5 Å². The molecule has 0 amide bonds. The van der Waals surface area contributed by atoms with E-state index in [4.69, 9.17) is 14.4 Å². The first-order chi connectivity index (χ1) is 23.8. The van der Waals surface area contributed by atoms with Crippen LogP contribution >= 0.6 is 0 Å². The molecule has 8 aromatic carbocycles. The first-order valence-electron chi connectivity index (χ1n) is 16.3. The molecule has 0 spiro atoms. The summed E-state index contributed by atoms with van der Waals surface area (Å²) in [6.45, 7) is 0. The molecule has 0 radical (unpaired) electrons. The van der Waals surface area contributed by atoms with E-state index in [0.29, 0.717) is 5.95 Å². The molecule has 0 bridgehead atoms. The highest BCUT2D eigenvalue weighted by atomic mass is 16.3. The summed E-state index contributed by atoms with van der Waals surface area (Å²) in [4.78, 5) is 10.7. The second-order valence-electron chi connectivity index (χ2n) is 12.5. The van der Waals surface area contributed by atoms with Gasteiger partial charge in [-0.3, -0.25) is 4.57 Å². The number of nitrogens with zero attached hydrogens (tertiary/aromatic N) is 3. The first kappa shape index (κ1) is 25.6. The number of benzene rings is 8. The maximum Gasteiger partial charge on any atom is 0.235 e. The van der Waals surface area contributed by atoms with E-state index in [9.17, 15) is 0 Å². The molecule has 11 aromatic rings. The lowest BCUT2D eigenvalue weighted by Crippen LogP contribution is -2.03. The number of hydrogen-bond acceptors (Lipinski definition) is 3. The van der Waals surface area contributed by atoms with E-state index in [1.54, 1.807) is 0 Å². The largest absolute Gasteiger partial charge is 0.455 e. The average molecular weight is 612 g/mol. The number of fused-ring (bicyclic) bond motifs is 15. The van der Waals surface area contributed by atoms with Crippen LogP contribution in [-0.2, 0) is 0 Å². The van der Waals surface area contributed by atoms with Crippen molar-refractivity contribution >= 4 is 87.0 Å². The van der Waals surface area contributed by atoms with Crippen molar-refractivity contribution in [3.05, 3.63) is 152 Å². The first-order valence-corrected chi connectivity index (χ1v) is 16.3. The van der Waals surface area contributed by atoms with Gasteiger partial charge in [-0.15, -0.1) is 0 Å². The fraction of sp³-hybridized carbons (Fsp3) is 0. The molecular weight excluding hydrogens is 587 g/mol. The van der Waals surface area contributed by atoms with Crippen molar-refractivity contribution in [1.29, 1.82) is 0 Å². The number of rotatable bonds is 2. The van der Waals surface area contributed by atoms with Crippen LogP contribution in [0, 0.1) is 0 Å². The third kappa shape index (κ3) is 3.38. The van der Waals surface area contributed by atoms with E-state index >= 15 is 0 Å². The average Bonchev–Trinajstić information content (AvgIpc) is 3.71. The highest BCUT2D eigenvalue weighted by Gasteiger charge is 2.23. The quantitative estimate of drug-likeness (QED) is 0.183. The van der Waals surface area contributed by atoms with E-state index in [1.165, 1.54) is 26.9 Å². The topological polar surface area (TPSA) is 43.9 Å². The van der Waals surface area contributed by atoms with Crippen LogP contribution in [0.1, 0.15) is 0 Å². The van der Waals surface area contributed by atoms with Crippen molar-refractivity contribution in [2.24, 2.45) is 0 Å². The third-order valence-corrected chi connectivity index (χ3v) is 9.97. The molecule has 0 N–H and O–H groups in total. The van der Waals surface area contributed by atoms with Gasteiger partial charge in [0.05, 0.1) is 22.2 Å². The zero-order chi connectivity index (χ0) is 31.3. The van der Waals surface area contributed by atoms with E-state index in [0.717, 1.165) is 71.3 Å². The standard InChI is InChI=1S/C44H25N3O/c1-2-13-27(14-3-1)42-40-28-15-5-4-12-26(28)22-24-34(40)45-44(46-42)47-35-20-10-8-18-31(35)41-36(47)25-23-33-38(41)29-16-6-7-17-30(29)39-32-19-9-11-21-37(32)48-43(33)39/h1-25H. The van der Waals surface area contributed by atoms with Crippen molar-refractivity contribution in [3.63, 3.8) is 0 Å². The Morgan fingerprint density at radius 2 is 1.10 bits per heavy atom.